The van der Waals surface area contributed by atoms with Gasteiger partial charge in [0.1, 0.15) is 6.29 Å². The predicted molar refractivity (Wildman–Crippen MR) is 51.6 cm³/mol. The Morgan fingerprint density at radius 2 is 2.31 bits per heavy atom. The van der Waals surface area contributed by atoms with E-state index in [4.69, 9.17) is 0 Å². The van der Waals surface area contributed by atoms with E-state index in [-0.39, 0.29) is 0 Å². The summed E-state index contributed by atoms with van der Waals surface area (Å²) in [5.41, 5.74) is 3.90. The van der Waals surface area contributed by atoms with Gasteiger partial charge >= 0.3 is 0 Å². The molecule has 1 aliphatic rings. The van der Waals surface area contributed by atoms with E-state index < -0.39 is 0 Å². The summed E-state index contributed by atoms with van der Waals surface area (Å²) < 4.78 is 0. The molecule has 0 aliphatic carbocycles. The Kier molecular flexibility index (Phi) is 2.41. The fourth-order valence-corrected chi connectivity index (χ4v) is 1.76. The van der Waals surface area contributed by atoms with Crippen molar-refractivity contribution in [2.75, 3.05) is 6.54 Å². The Labute approximate surface area is 78.0 Å². The molecule has 1 aliphatic heterocycles. The molecule has 13 heavy (non-hydrogen) atoms. The van der Waals surface area contributed by atoms with Crippen LogP contribution in [-0.4, -0.2) is 12.8 Å². The summed E-state index contributed by atoms with van der Waals surface area (Å²) in [4.78, 5) is 10.3. The van der Waals surface area contributed by atoms with Crippen molar-refractivity contribution in [3.8, 4) is 0 Å². The summed E-state index contributed by atoms with van der Waals surface area (Å²) in [5.74, 6) is 0. The van der Waals surface area contributed by atoms with Gasteiger partial charge in [-0.3, -0.25) is 0 Å². The lowest BCUT2D eigenvalue weighted by atomic mass is 9.98. The van der Waals surface area contributed by atoms with Gasteiger partial charge in [-0.05, 0) is 29.7 Å². The van der Waals surface area contributed by atoms with Gasteiger partial charge in [0.25, 0.3) is 0 Å². The van der Waals surface area contributed by atoms with E-state index in [2.05, 4.69) is 23.5 Å². The number of aldehydes is 1. The van der Waals surface area contributed by atoms with Gasteiger partial charge in [0.2, 0.25) is 0 Å². The minimum Gasteiger partial charge on any atom is -0.312 e. The zero-order valence-electron chi connectivity index (χ0n) is 7.55. The molecule has 1 aromatic rings. The maximum absolute atomic E-state index is 10.3. The van der Waals surface area contributed by atoms with E-state index in [1.807, 2.05) is 0 Å². The van der Waals surface area contributed by atoms with Gasteiger partial charge in [0.05, 0.1) is 0 Å². The lowest BCUT2D eigenvalue weighted by Gasteiger charge is -2.17. The standard InChI is InChI=1S/C11H13NO/c13-6-4-9-1-2-10-3-5-12-8-11(10)7-9/h1-2,6-7,12H,3-5,8H2. The first kappa shape index (κ1) is 8.45. The maximum Gasteiger partial charge on any atom is 0.124 e. The summed E-state index contributed by atoms with van der Waals surface area (Å²) in [6.45, 7) is 2.02. The second kappa shape index (κ2) is 3.71. The van der Waals surface area contributed by atoms with Crippen LogP contribution in [-0.2, 0) is 24.2 Å². The minimum absolute atomic E-state index is 0.535. The predicted octanol–water partition coefficient (Wildman–Crippen LogP) is 1.07. The number of fused-ring (bicyclic) bond motifs is 1. The second-order valence-corrected chi connectivity index (χ2v) is 3.40. The van der Waals surface area contributed by atoms with Crippen LogP contribution in [0.25, 0.3) is 0 Å². The fraction of sp³-hybridized carbons (Fsp3) is 0.364. The van der Waals surface area contributed by atoms with Crippen LogP contribution in [0.5, 0.6) is 0 Å². The van der Waals surface area contributed by atoms with Gasteiger partial charge in [-0.25, -0.2) is 0 Å². The summed E-state index contributed by atoms with van der Waals surface area (Å²) in [6, 6.07) is 6.34. The molecule has 0 saturated carbocycles. The quantitative estimate of drug-likeness (QED) is 0.681. The number of hydrogen-bond donors (Lipinski definition) is 1. The van der Waals surface area contributed by atoms with Gasteiger partial charge in [-0.1, -0.05) is 18.2 Å². The number of rotatable bonds is 2. The summed E-state index contributed by atoms with van der Waals surface area (Å²) >= 11 is 0. The molecular weight excluding hydrogens is 162 g/mol. The molecule has 1 N–H and O–H groups in total. The fourth-order valence-electron chi connectivity index (χ4n) is 1.76. The van der Waals surface area contributed by atoms with Crippen molar-refractivity contribution in [2.24, 2.45) is 0 Å². The Morgan fingerprint density at radius 3 is 3.15 bits per heavy atom. The molecule has 1 heterocycles. The molecule has 0 spiro atoms. The average Bonchev–Trinajstić information content (AvgIpc) is 2.18. The highest BCUT2D eigenvalue weighted by molar-refractivity contribution is 5.55. The van der Waals surface area contributed by atoms with Gasteiger partial charge < -0.3 is 10.1 Å². The Bertz CT molecular complexity index is 320. The molecule has 68 valence electrons. The van der Waals surface area contributed by atoms with E-state index >= 15 is 0 Å². The first-order valence-corrected chi connectivity index (χ1v) is 4.65. The monoisotopic (exact) mass is 175 g/mol. The number of benzene rings is 1. The number of nitrogens with one attached hydrogen (secondary N) is 1. The van der Waals surface area contributed by atoms with Crippen molar-refractivity contribution in [1.29, 1.82) is 0 Å². The van der Waals surface area contributed by atoms with Crippen molar-refractivity contribution < 1.29 is 4.79 Å². The molecule has 0 atom stereocenters. The first-order valence-electron chi connectivity index (χ1n) is 4.65. The molecule has 0 fully saturated rings. The summed E-state index contributed by atoms with van der Waals surface area (Å²) in [6.07, 6.45) is 2.60. The lowest BCUT2D eigenvalue weighted by molar-refractivity contribution is -0.107. The highest BCUT2D eigenvalue weighted by Crippen LogP contribution is 2.15. The van der Waals surface area contributed by atoms with Crippen LogP contribution in [0.2, 0.25) is 0 Å². The third kappa shape index (κ3) is 1.78. The average molecular weight is 175 g/mol. The molecule has 2 nitrogen and oxygen atoms in total. The van der Waals surface area contributed by atoms with Crippen LogP contribution in [0.1, 0.15) is 16.7 Å². The van der Waals surface area contributed by atoms with E-state index in [1.165, 1.54) is 11.1 Å². The topological polar surface area (TPSA) is 29.1 Å². The zero-order chi connectivity index (χ0) is 9.10. The third-order valence-corrected chi connectivity index (χ3v) is 2.48. The molecule has 0 radical (unpaired) electrons. The van der Waals surface area contributed by atoms with E-state index in [0.29, 0.717) is 6.42 Å². The molecule has 0 unspecified atom stereocenters. The molecule has 0 aromatic heterocycles. The van der Waals surface area contributed by atoms with Crippen molar-refractivity contribution in [3.63, 3.8) is 0 Å². The van der Waals surface area contributed by atoms with Gasteiger partial charge in [0, 0.05) is 13.0 Å². The van der Waals surface area contributed by atoms with Crippen LogP contribution < -0.4 is 5.32 Å². The van der Waals surface area contributed by atoms with Crippen LogP contribution in [0.4, 0.5) is 0 Å². The Morgan fingerprint density at radius 1 is 1.38 bits per heavy atom. The van der Waals surface area contributed by atoms with Crippen molar-refractivity contribution in [3.05, 3.63) is 34.9 Å². The second-order valence-electron chi connectivity index (χ2n) is 3.40. The molecule has 2 heteroatoms. The SMILES string of the molecule is O=CCc1ccc2c(c1)CNCC2. The largest absolute Gasteiger partial charge is 0.312 e. The molecular formula is C11H13NO. The summed E-state index contributed by atoms with van der Waals surface area (Å²) in [5, 5.41) is 3.32. The van der Waals surface area contributed by atoms with Crippen LogP contribution in [0.3, 0.4) is 0 Å². The number of hydrogen-bond acceptors (Lipinski definition) is 2. The van der Waals surface area contributed by atoms with Crippen LogP contribution in [0, 0.1) is 0 Å². The molecule has 0 bridgehead atoms. The Hall–Kier alpha value is -1.15. The minimum atomic E-state index is 0.535. The van der Waals surface area contributed by atoms with Crippen molar-refractivity contribution >= 4 is 6.29 Å². The van der Waals surface area contributed by atoms with E-state index in [1.54, 1.807) is 0 Å². The highest BCUT2D eigenvalue weighted by atomic mass is 16.1. The zero-order valence-corrected chi connectivity index (χ0v) is 7.55. The summed E-state index contributed by atoms with van der Waals surface area (Å²) in [7, 11) is 0. The molecule has 1 aromatic carbocycles. The highest BCUT2D eigenvalue weighted by Gasteiger charge is 2.07. The first-order chi connectivity index (χ1) is 6.40. The van der Waals surface area contributed by atoms with Crippen LogP contribution in [0.15, 0.2) is 18.2 Å². The van der Waals surface area contributed by atoms with Gasteiger partial charge in [-0.15, -0.1) is 0 Å². The molecule has 0 amide bonds. The Balaban J connectivity index is 2.29. The number of carbonyl (C=O) groups excluding carboxylic acids is 1. The van der Waals surface area contributed by atoms with E-state index in [9.17, 15) is 4.79 Å². The van der Waals surface area contributed by atoms with Gasteiger partial charge in [0.15, 0.2) is 0 Å². The van der Waals surface area contributed by atoms with Crippen molar-refractivity contribution in [2.45, 2.75) is 19.4 Å². The normalized spacial score (nSPS) is 15.1. The van der Waals surface area contributed by atoms with Gasteiger partial charge in [-0.2, -0.15) is 0 Å². The third-order valence-electron chi connectivity index (χ3n) is 2.48. The lowest BCUT2D eigenvalue weighted by Crippen LogP contribution is -2.23. The van der Waals surface area contributed by atoms with Crippen LogP contribution >= 0.6 is 0 Å². The van der Waals surface area contributed by atoms with E-state index in [0.717, 1.165) is 31.4 Å². The van der Waals surface area contributed by atoms with Crippen molar-refractivity contribution in [1.82, 2.24) is 5.32 Å². The maximum atomic E-state index is 10.3. The smallest absolute Gasteiger partial charge is 0.124 e. The number of carbonyl (C=O) groups is 1. The molecule has 0 saturated heterocycles. The molecule has 2 rings (SSSR count).